The summed E-state index contributed by atoms with van der Waals surface area (Å²) < 4.78 is 23.7. The molecule has 0 heterocycles. The van der Waals surface area contributed by atoms with E-state index in [0.29, 0.717) is 24.5 Å². The molecule has 1 aromatic carbocycles. The van der Waals surface area contributed by atoms with Crippen molar-refractivity contribution in [3.05, 3.63) is 29.6 Å². The lowest BCUT2D eigenvalue weighted by atomic mass is 10.2. The average Bonchev–Trinajstić information content (AvgIpc) is 2.25. The molecule has 4 heteroatoms. The van der Waals surface area contributed by atoms with Crippen molar-refractivity contribution >= 4 is 11.6 Å². The summed E-state index contributed by atoms with van der Waals surface area (Å²) >= 11 is 5.69. The van der Waals surface area contributed by atoms with Crippen LogP contribution in [0.2, 0.25) is 0 Å². The lowest BCUT2D eigenvalue weighted by Crippen LogP contribution is -2.11. The number of rotatable bonds is 6. The molecule has 0 fully saturated rings. The van der Waals surface area contributed by atoms with Gasteiger partial charge in [-0.15, -0.1) is 11.6 Å². The third-order valence-corrected chi connectivity index (χ3v) is 2.25. The smallest absolute Gasteiger partial charge is 0.124 e. The Kier molecular flexibility index (Phi) is 5.56. The van der Waals surface area contributed by atoms with E-state index in [-0.39, 0.29) is 17.8 Å². The Labute approximate surface area is 100 Å². The van der Waals surface area contributed by atoms with Crippen molar-refractivity contribution in [2.45, 2.75) is 25.8 Å². The van der Waals surface area contributed by atoms with E-state index in [1.54, 1.807) is 6.07 Å². The van der Waals surface area contributed by atoms with Crippen LogP contribution in [0.15, 0.2) is 18.2 Å². The van der Waals surface area contributed by atoms with Crippen molar-refractivity contribution in [1.29, 1.82) is 0 Å². The van der Waals surface area contributed by atoms with E-state index in [1.807, 2.05) is 13.8 Å². The summed E-state index contributed by atoms with van der Waals surface area (Å²) in [6.45, 7) is 4.87. The number of benzene rings is 1. The molecule has 2 nitrogen and oxygen atoms in total. The van der Waals surface area contributed by atoms with Crippen LogP contribution >= 0.6 is 11.6 Å². The second kappa shape index (κ2) is 6.71. The van der Waals surface area contributed by atoms with Crippen LogP contribution in [0.3, 0.4) is 0 Å². The molecule has 0 radical (unpaired) electrons. The molecule has 0 amide bonds. The van der Waals surface area contributed by atoms with E-state index < -0.39 is 0 Å². The van der Waals surface area contributed by atoms with Gasteiger partial charge in [0.25, 0.3) is 0 Å². The minimum absolute atomic E-state index is 0.185. The van der Waals surface area contributed by atoms with Crippen LogP contribution < -0.4 is 4.74 Å². The highest BCUT2D eigenvalue weighted by atomic mass is 35.5. The Morgan fingerprint density at radius 2 is 2.06 bits per heavy atom. The van der Waals surface area contributed by atoms with E-state index in [2.05, 4.69) is 0 Å². The topological polar surface area (TPSA) is 18.5 Å². The van der Waals surface area contributed by atoms with Gasteiger partial charge < -0.3 is 9.47 Å². The van der Waals surface area contributed by atoms with Crippen LogP contribution in [0.1, 0.15) is 19.4 Å². The van der Waals surface area contributed by atoms with Gasteiger partial charge in [-0.2, -0.15) is 0 Å². The molecular weight excluding hydrogens is 231 g/mol. The third-order valence-electron chi connectivity index (χ3n) is 1.96. The predicted molar refractivity (Wildman–Crippen MR) is 62.5 cm³/mol. The van der Waals surface area contributed by atoms with Crippen molar-refractivity contribution in [2.24, 2.45) is 0 Å². The summed E-state index contributed by atoms with van der Waals surface area (Å²) in [5, 5.41) is 0. The van der Waals surface area contributed by atoms with Crippen LogP contribution in [0.5, 0.6) is 5.75 Å². The van der Waals surface area contributed by atoms with E-state index in [9.17, 15) is 4.39 Å². The second-order valence-electron chi connectivity index (χ2n) is 3.65. The highest BCUT2D eigenvalue weighted by Gasteiger charge is 2.04. The first kappa shape index (κ1) is 13.3. The first-order valence-corrected chi connectivity index (χ1v) is 5.75. The number of hydrogen-bond acceptors (Lipinski definition) is 2. The Hall–Kier alpha value is -0.800. The average molecular weight is 247 g/mol. The van der Waals surface area contributed by atoms with Crippen molar-refractivity contribution in [3.63, 3.8) is 0 Å². The molecule has 0 spiro atoms. The summed E-state index contributed by atoms with van der Waals surface area (Å²) in [6, 6.07) is 4.32. The molecule has 90 valence electrons. The van der Waals surface area contributed by atoms with Crippen LogP contribution in [0.25, 0.3) is 0 Å². The fourth-order valence-electron chi connectivity index (χ4n) is 1.23. The normalized spacial score (nSPS) is 10.8. The highest BCUT2D eigenvalue weighted by molar-refractivity contribution is 6.17. The molecule has 0 saturated heterocycles. The van der Waals surface area contributed by atoms with Gasteiger partial charge >= 0.3 is 0 Å². The van der Waals surface area contributed by atoms with Gasteiger partial charge in [-0.25, -0.2) is 4.39 Å². The predicted octanol–water partition coefficient (Wildman–Crippen LogP) is 3.37. The standard InChI is InChI=1S/C12H16ClFO2/c1-9(2)15-5-6-16-12-4-3-11(14)7-10(12)8-13/h3-4,7,9H,5-6,8H2,1-2H3. The van der Waals surface area contributed by atoms with Gasteiger partial charge in [0.15, 0.2) is 0 Å². The summed E-state index contributed by atoms with van der Waals surface area (Å²) in [5.74, 6) is 0.545. The van der Waals surface area contributed by atoms with Crippen molar-refractivity contribution in [3.8, 4) is 5.75 Å². The number of ether oxygens (including phenoxy) is 2. The molecule has 0 aliphatic rings. The van der Waals surface area contributed by atoms with Crippen molar-refractivity contribution < 1.29 is 13.9 Å². The molecule has 0 bridgehead atoms. The summed E-state index contributed by atoms with van der Waals surface area (Å²) in [5.41, 5.74) is 0.659. The van der Waals surface area contributed by atoms with Gasteiger partial charge in [-0.05, 0) is 32.0 Å². The van der Waals surface area contributed by atoms with Crippen LogP contribution in [-0.4, -0.2) is 19.3 Å². The molecule has 0 aromatic heterocycles. The van der Waals surface area contributed by atoms with E-state index in [1.165, 1.54) is 12.1 Å². The van der Waals surface area contributed by atoms with Crippen molar-refractivity contribution in [2.75, 3.05) is 13.2 Å². The largest absolute Gasteiger partial charge is 0.491 e. The molecule has 0 aliphatic carbocycles. The maximum atomic E-state index is 12.9. The second-order valence-corrected chi connectivity index (χ2v) is 3.92. The molecular formula is C12H16ClFO2. The van der Waals surface area contributed by atoms with Gasteiger partial charge in [-0.3, -0.25) is 0 Å². The van der Waals surface area contributed by atoms with Crippen LogP contribution in [-0.2, 0) is 10.6 Å². The Balaban J connectivity index is 2.47. The van der Waals surface area contributed by atoms with Gasteiger partial charge in [0, 0.05) is 5.56 Å². The van der Waals surface area contributed by atoms with Gasteiger partial charge in [0.1, 0.15) is 18.2 Å². The Bertz CT molecular complexity index is 329. The van der Waals surface area contributed by atoms with E-state index in [4.69, 9.17) is 21.1 Å². The number of hydrogen-bond donors (Lipinski definition) is 0. The number of halogens is 2. The van der Waals surface area contributed by atoms with E-state index in [0.717, 1.165) is 0 Å². The summed E-state index contributed by atoms with van der Waals surface area (Å²) in [7, 11) is 0. The van der Waals surface area contributed by atoms with Crippen LogP contribution in [0.4, 0.5) is 4.39 Å². The monoisotopic (exact) mass is 246 g/mol. The zero-order chi connectivity index (χ0) is 12.0. The van der Waals surface area contributed by atoms with E-state index >= 15 is 0 Å². The minimum Gasteiger partial charge on any atom is -0.491 e. The molecule has 0 saturated carbocycles. The Morgan fingerprint density at radius 1 is 1.31 bits per heavy atom. The first-order valence-electron chi connectivity index (χ1n) is 5.22. The Morgan fingerprint density at radius 3 is 2.69 bits per heavy atom. The molecule has 16 heavy (non-hydrogen) atoms. The maximum Gasteiger partial charge on any atom is 0.124 e. The summed E-state index contributed by atoms with van der Waals surface area (Å²) in [6.07, 6.45) is 0.185. The molecule has 1 rings (SSSR count). The zero-order valence-corrected chi connectivity index (χ0v) is 10.3. The minimum atomic E-state index is -0.304. The quantitative estimate of drug-likeness (QED) is 0.566. The fraction of sp³-hybridized carbons (Fsp3) is 0.500. The van der Waals surface area contributed by atoms with Crippen LogP contribution in [0, 0.1) is 5.82 Å². The van der Waals surface area contributed by atoms with Gasteiger partial charge in [-0.1, -0.05) is 0 Å². The molecule has 0 aliphatic heterocycles. The van der Waals surface area contributed by atoms with Crippen molar-refractivity contribution in [1.82, 2.24) is 0 Å². The SMILES string of the molecule is CC(C)OCCOc1ccc(F)cc1CCl. The molecule has 0 N–H and O–H groups in total. The third kappa shape index (κ3) is 4.37. The van der Waals surface area contributed by atoms with Gasteiger partial charge in [0.05, 0.1) is 18.6 Å². The van der Waals surface area contributed by atoms with Gasteiger partial charge in [0.2, 0.25) is 0 Å². The molecule has 1 aromatic rings. The zero-order valence-electron chi connectivity index (χ0n) is 9.50. The number of alkyl halides is 1. The lowest BCUT2D eigenvalue weighted by Gasteiger charge is -2.11. The maximum absolute atomic E-state index is 12.9. The lowest BCUT2D eigenvalue weighted by molar-refractivity contribution is 0.0551. The molecule has 0 atom stereocenters. The fourth-order valence-corrected chi connectivity index (χ4v) is 1.44. The summed E-state index contributed by atoms with van der Waals surface area (Å²) in [4.78, 5) is 0. The first-order chi connectivity index (χ1) is 7.63. The molecule has 0 unspecified atom stereocenters. The highest BCUT2D eigenvalue weighted by Crippen LogP contribution is 2.21.